The molecule has 0 aliphatic heterocycles. The molecule has 0 bridgehead atoms. The van der Waals surface area contributed by atoms with Gasteiger partial charge in [-0.05, 0) is 57.2 Å². The Morgan fingerprint density at radius 2 is 1.74 bits per heavy atom. The predicted octanol–water partition coefficient (Wildman–Crippen LogP) is 4.01. The molecule has 0 saturated carbocycles. The maximum Gasteiger partial charge on any atom is 0.347 e. The number of carbonyl (C=O) groups excluding carboxylic acids is 2. The largest absolute Gasteiger partial charge is 0.479 e. The summed E-state index contributed by atoms with van der Waals surface area (Å²) < 4.78 is 26.6. The van der Waals surface area contributed by atoms with E-state index < -0.39 is 18.0 Å². The standard InChI is InChI=1S/C23H22O8/c1-5-28-22(25)14(3)29-17-10-11-18-19(12-17)30-13(2)21(20(18)24)31-16-8-6-15(7-9-16)23(26)27-4/h6-12,14H,5H2,1-4H3. The zero-order chi connectivity index (χ0) is 22.5. The second-order valence-electron chi connectivity index (χ2n) is 6.60. The Balaban J connectivity index is 1.87. The van der Waals surface area contributed by atoms with Crippen LogP contribution in [-0.2, 0) is 14.3 Å². The normalized spacial score (nSPS) is 11.6. The van der Waals surface area contributed by atoms with Gasteiger partial charge in [0.15, 0.2) is 6.10 Å². The number of esters is 2. The predicted molar refractivity (Wildman–Crippen MR) is 112 cm³/mol. The highest BCUT2D eigenvalue weighted by Crippen LogP contribution is 2.28. The molecule has 0 N–H and O–H groups in total. The van der Waals surface area contributed by atoms with Gasteiger partial charge in [0.05, 0.1) is 24.7 Å². The Morgan fingerprint density at radius 1 is 1.06 bits per heavy atom. The Labute approximate surface area is 178 Å². The highest BCUT2D eigenvalue weighted by Gasteiger charge is 2.18. The highest BCUT2D eigenvalue weighted by molar-refractivity contribution is 5.89. The second-order valence-corrected chi connectivity index (χ2v) is 6.60. The number of hydrogen-bond donors (Lipinski definition) is 0. The molecule has 0 aliphatic rings. The van der Waals surface area contributed by atoms with Crippen molar-refractivity contribution in [1.29, 1.82) is 0 Å². The average Bonchev–Trinajstić information content (AvgIpc) is 2.76. The molecule has 8 heteroatoms. The van der Waals surface area contributed by atoms with E-state index in [4.69, 9.17) is 18.6 Å². The third-order valence-corrected chi connectivity index (χ3v) is 4.41. The topological polar surface area (TPSA) is 101 Å². The van der Waals surface area contributed by atoms with Crippen molar-refractivity contribution in [3.63, 3.8) is 0 Å². The number of ether oxygens (including phenoxy) is 4. The van der Waals surface area contributed by atoms with Gasteiger partial charge in [-0.1, -0.05) is 0 Å². The summed E-state index contributed by atoms with van der Waals surface area (Å²) in [6.45, 7) is 5.15. The minimum Gasteiger partial charge on any atom is -0.479 e. The molecule has 0 radical (unpaired) electrons. The minimum absolute atomic E-state index is 0.0341. The fourth-order valence-electron chi connectivity index (χ4n) is 2.87. The lowest BCUT2D eigenvalue weighted by molar-refractivity contribution is -0.150. The van der Waals surface area contributed by atoms with Crippen LogP contribution in [0.25, 0.3) is 11.0 Å². The van der Waals surface area contributed by atoms with E-state index in [-0.39, 0.29) is 23.5 Å². The SMILES string of the molecule is CCOC(=O)C(C)Oc1ccc2c(=O)c(Oc3ccc(C(=O)OC)cc3)c(C)oc2c1. The lowest BCUT2D eigenvalue weighted by Crippen LogP contribution is -2.26. The summed E-state index contributed by atoms with van der Waals surface area (Å²) in [6.07, 6.45) is -0.805. The summed E-state index contributed by atoms with van der Waals surface area (Å²) in [4.78, 5) is 36.2. The summed E-state index contributed by atoms with van der Waals surface area (Å²) >= 11 is 0. The summed E-state index contributed by atoms with van der Waals surface area (Å²) in [6, 6.07) is 10.8. The molecule has 2 aromatic carbocycles. The van der Waals surface area contributed by atoms with Crippen LogP contribution in [0.3, 0.4) is 0 Å². The Hall–Kier alpha value is -3.81. The van der Waals surface area contributed by atoms with Crippen molar-refractivity contribution in [2.75, 3.05) is 13.7 Å². The maximum atomic E-state index is 12.9. The van der Waals surface area contributed by atoms with E-state index in [9.17, 15) is 14.4 Å². The Bertz CT molecular complexity index is 1160. The molecule has 3 aromatic rings. The molecular weight excluding hydrogens is 404 g/mol. The molecule has 1 unspecified atom stereocenters. The van der Waals surface area contributed by atoms with Crippen molar-refractivity contribution in [2.45, 2.75) is 26.9 Å². The molecule has 31 heavy (non-hydrogen) atoms. The Kier molecular flexibility index (Phi) is 6.59. The number of carbonyl (C=O) groups is 2. The summed E-state index contributed by atoms with van der Waals surface area (Å²) in [5, 5.41) is 0.294. The van der Waals surface area contributed by atoms with Crippen molar-refractivity contribution >= 4 is 22.9 Å². The van der Waals surface area contributed by atoms with Gasteiger partial charge in [0, 0.05) is 6.07 Å². The van der Waals surface area contributed by atoms with E-state index in [0.717, 1.165) is 0 Å². The molecule has 1 aromatic heterocycles. The molecule has 0 aliphatic carbocycles. The third-order valence-electron chi connectivity index (χ3n) is 4.41. The van der Waals surface area contributed by atoms with Crippen LogP contribution in [0.2, 0.25) is 0 Å². The van der Waals surface area contributed by atoms with Crippen LogP contribution < -0.4 is 14.9 Å². The quantitative estimate of drug-likeness (QED) is 0.522. The number of hydrogen-bond acceptors (Lipinski definition) is 8. The number of aryl methyl sites for hydroxylation is 1. The van der Waals surface area contributed by atoms with E-state index in [0.29, 0.717) is 28.0 Å². The smallest absolute Gasteiger partial charge is 0.347 e. The van der Waals surface area contributed by atoms with Gasteiger partial charge < -0.3 is 23.4 Å². The summed E-state index contributed by atoms with van der Waals surface area (Å²) in [5.74, 6) is 0.0794. The second kappa shape index (κ2) is 9.34. The first kappa shape index (κ1) is 21.9. The summed E-state index contributed by atoms with van der Waals surface area (Å²) in [5.41, 5.74) is 0.298. The van der Waals surface area contributed by atoms with Gasteiger partial charge in [0.25, 0.3) is 0 Å². The fraction of sp³-hybridized carbons (Fsp3) is 0.261. The molecule has 1 heterocycles. The molecule has 8 nitrogen and oxygen atoms in total. The molecular formula is C23H22O8. The van der Waals surface area contributed by atoms with Gasteiger partial charge in [0.1, 0.15) is 22.8 Å². The zero-order valence-corrected chi connectivity index (χ0v) is 17.6. The van der Waals surface area contributed by atoms with Crippen molar-refractivity contribution in [3.05, 3.63) is 64.0 Å². The van der Waals surface area contributed by atoms with E-state index in [1.165, 1.54) is 25.3 Å². The zero-order valence-electron chi connectivity index (χ0n) is 17.6. The van der Waals surface area contributed by atoms with Crippen molar-refractivity contribution in [1.82, 2.24) is 0 Å². The summed E-state index contributed by atoms with van der Waals surface area (Å²) in [7, 11) is 1.30. The Morgan fingerprint density at radius 3 is 2.39 bits per heavy atom. The van der Waals surface area contributed by atoms with E-state index >= 15 is 0 Å². The van der Waals surface area contributed by atoms with Crippen LogP contribution in [0.1, 0.15) is 30.0 Å². The fourth-order valence-corrected chi connectivity index (χ4v) is 2.87. The number of rotatable bonds is 7. The third kappa shape index (κ3) is 4.85. The number of fused-ring (bicyclic) bond motifs is 1. The van der Waals surface area contributed by atoms with Gasteiger partial charge in [-0.2, -0.15) is 0 Å². The van der Waals surface area contributed by atoms with Gasteiger partial charge in [-0.25, -0.2) is 9.59 Å². The number of methoxy groups -OCH3 is 1. The first-order valence-corrected chi connectivity index (χ1v) is 9.61. The number of benzene rings is 2. The molecule has 162 valence electrons. The van der Waals surface area contributed by atoms with E-state index in [2.05, 4.69) is 4.74 Å². The lowest BCUT2D eigenvalue weighted by Gasteiger charge is -2.14. The average molecular weight is 426 g/mol. The molecule has 0 saturated heterocycles. The van der Waals surface area contributed by atoms with Gasteiger partial charge >= 0.3 is 11.9 Å². The first-order valence-electron chi connectivity index (χ1n) is 9.61. The lowest BCUT2D eigenvalue weighted by atomic mass is 10.2. The first-order chi connectivity index (χ1) is 14.8. The van der Waals surface area contributed by atoms with Gasteiger partial charge in [-0.15, -0.1) is 0 Å². The van der Waals surface area contributed by atoms with Crippen molar-refractivity contribution in [3.8, 4) is 17.2 Å². The minimum atomic E-state index is -0.805. The van der Waals surface area contributed by atoms with E-state index in [1.807, 2.05) is 0 Å². The van der Waals surface area contributed by atoms with Crippen LogP contribution in [0, 0.1) is 6.92 Å². The van der Waals surface area contributed by atoms with Crippen LogP contribution in [0.4, 0.5) is 0 Å². The van der Waals surface area contributed by atoms with E-state index in [1.54, 1.807) is 45.0 Å². The highest BCUT2D eigenvalue weighted by atomic mass is 16.6. The van der Waals surface area contributed by atoms with Crippen molar-refractivity contribution in [2.24, 2.45) is 0 Å². The molecule has 3 rings (SSSR count). The van der Waals surface area contributed by atoms with Crippen molar-refractivity contribution < 1.29 is 33.0 Å². The molecule has 0 amide bonds. The molecule has 0 spiro atoms. The van der Waals surface area contributed by atoms with Gasteiger partial charge in [0.2, 0.25) is 11.2 Å². The monoisotopic (exact) mass is 426 g/mol. The van der Waals surface area contributed by atoms with Gasteiger partial charge in [-0.3, -0.25) is 4.79 Å². The molecule has 0 fully saturated rings. The van der Waals surface area contributed by atoms with Crippen LogP contribution in [0.15, 0.2) is 51.7 Å². The molecule has 1 atom stereocenters. The van der Waals surface area contributed by atoms with Crippen LogP contribution in [-0.4, -0.2) is 31.8 Å². The van der Waals surface area contributed by atoms with Crippen LogP contribution >= 0.6 is 0 Å². The maximum absolute atomic E-state index is 12.9. The van der Waals surface area contributed by atoms with Crippen LogP contribution in [0.5, 0.6) is 17.2 Å².